The largest absolute Gasteiger partial charge is 0.0531 e. The van der Waals surface area contributed by atoms with E-state index in [9.17, 15) is 0 Å². The van der Waals surface area contributed by atoms with E-state index in [4.69, 9.17) is 0 Å². The molecule has 0 spiro atoms. The molecule has 282 valence electrons. The van der Waals surface area contributed by atoms with E-state index >= 15 is 0 Å². The third kappa shape index (κ3) is 3.12. The maximum Gasteiger partial charge on any atom is 0.0136 e. The summed E-state index contributed by atoms with van der Waals surface area (Å²) in [7, 11) is 0. The molecule has 0 aliphatic carbocycles. The topological polar surface area (TPSA) is 0 Å². The summed E-state index contributed by atoms with van der Waals surface area (Å²) in [6, 6.07) is 51.2. The Hall–Kier alpha value is -5.61. The van der Waals surface area contributed by atoms with Crippen molar-refractivity contribution in [3.8, 4) is 0 Å². The first-order valence-corrected chi connectivity index (χ1v) is 25.0. The molecule has 19 aromatic rings. The van der Waals surface area contributed by atoms with Gasteiger partial charge < -0.3 is 0 Å². The molecule has 0 radical (unpaired) electrons. The van der Waals surface area contributed by atoms with Crippen molar-refractivity contribution in [1.82, 2.24) is 0 Å². The van der Waals surface area contributed by atoms with Gasteiger partial charge in [0.25, 0.3) is 0 Å². The van der Waals surface area contributed by atoms with E-state index in [1.54, 1.807) is 0 Å². The molecule has 0 aliphatic heterocycles. The van der Waals surface area contributed by atoms with Crippen molar-refractivity contribution in [2.45, 2.75) is 0 Å². The molecule has 0 N–H and O–H groups in total. The summed E-state index contributed by atoms with van der Waals surface area (Å²) in [5, 5.41) is 50.8. The molecule has 0 unspecified atom stereocenters. The number of benzene rings is 19. The second kappa shape index (κ2) is 9.87. The normalized spacial score (nSPS) is 14.0. The minimum absolute atomic E-state index is 1.28. The summed E-state index contributed by atoms with van der Waals surface area (Å²) in [4.78, 5) is 0. The molecule has 19 rings (SSSR count). The highest BCUT2D eigenvalue weighted by molar-refractivity contribution is 14.1. The Labute approximate surface area is 395 Å². The zero-order valence-corrected chi connectivity index (χ0v) is 39.2. The zero-order valence-electron chi connectivity index (χ0n) is 32.8. The van der Waals surface area contributed by atoms with Gasteiger partial charge in [-0.1, -0.05) is 91.0 Å². The second-order valence-corrected chi connectivity index (χ2v) is 22.5. The molecule has 3 heteroatoms. The first kappa shape index (κ1) is 32.1. The van der Waals surface area contributed by atoms with E-state index in [1.807, 2.05) is 0 Å². The van der Waals surface area contributed by atoms with Gasteiger partial charge in [-0.25, -0.2) is 0 Å². The minimum atomic E-state index is 1.28. The van der Waals surface area contributed by atoms with Gasteiger partial charge >= 0.3 is 0 Å². The van der Waals surface area contributed by atoms with Crippen LogP contribution >= 0.6 is 67.8 Å². The Kier molecular flexibility index (Phi) is 5.03. The summed E-state index contributed by atoms with van der Waals surface area (Å²) in [6.45, 7) is 0. The summed E-state index contributed by atoms with van der Waals surface area (Å²) in [5.74, 6) is 0. The molecule has 0 atom stereocenters. The van der Waals surface area contributed by atoms with Crippen LogP contribution in [-0.2, 0) is 0 Å². The lowest BCUT2D eigenvalue weighted by atomic mass is 9.70. The quantitative estimate of drug-likeness (QED) is 0.0806. The van der Waals surface area contributed by atoms with E-state index in [-0.39, 0.29) is 0 Å². The van der Waals surface area contributed by atoms with E-state index < -0.39 is 0 Å². The average molecular weight is 1120 g/mol. The van der Waals surface area contributed by atoms with Gasteiger partial charge in [-0.3, -0.25) is 0 Å². The third-order valence-electron chi connectivity index (χ3n) is 16.5. The lowest BCUT2D eigenvalue weighted by Gasteiger charge is -2.31. The highest BCUT2D eigenvalue weighted by Gasteiger charge is 2.35. The van der Waals surface area contributed by atoms with Crippen molar-refractivity contribution in [3.05, 3.63) is 138 Å². The van der Waals surface area contributed by atoms with Crippen LogP contribution in [0, 0.1) is 10.7 Å². The molecular formula is C60H21I3. The fourth-order valence-electron chi connectivity index (χ4n) is 14.6. The SMILES string of the molecule is Ic1ccc2c(c1)c1ccc3c4ccc5c6ccc(I)cc6c6ccc7c8ccc9c%10ccc(I)cc%10c%10ccc%11c%12ccc2c2c1c3c1c3c4c5c6c7c3c3c8c9c%10c%11c3c1c%122. The van der Waals surface area contributed by atoms with Crippen molar-refractivity contribution >= 4 is 262 Å². The number of fused-ring (bicyclic) bond motifs is 12. The molecule has 19 aromatic carbocycles. The molecule has 0 saturated heterocycles. The Morgan fingerprint density at radius 3 is 0.492 bits per heavy atom. The monoisotopic (exact) mass is 1120 g/mol. The summed E-state index contributed by atoms with van der Waals surface area (Å²) >= 11 is 7.54. The standard InChI is InChI=1S/C60H21I3/c61-22-1-4-25-28-7-10-31-35-14-17-38-41-20-23(62)3-6-27(41)30-9-12-33-36-15-18-39-42-21-24(63)2-5-26(42)29-8-11-32-34-13-16-37(40(25)19-22)46-43(28)49(31)55-58(52(34)46)56-50(32)45(29)48(39)54(36)60(56)57-51(33)44(30)47(38)53(35)59(55)57/h1-21H. The Bertz CT molecular complexity index is 4770. The van der Waals surface area contributed by atoms with Gasteiger partial charge in [-0.2, -0.15) is 0 Å². The van der Waals surface area contributed by atoms with Crippen LogP contribution in [0.4, 0.5) is 0 Å². The lowest BCUT2D eigenvalue weighted by molar-refractivity contribution is 1.74. The average Bonchev–Trinajstić information content (AvgIpc) is 3.31. The summed E-state index contributed by atoms with van der Waals surface area (Å²) in [5.41, 5.74) is 0. The predicted octanol–water partition coefficient (Wildman–Crippen LogP) is 19.2. The molecule has 0 heterocycles. The molecule has 0 fully saturated rings. The molecule has 0 aromatic heterocycles. The van der Waals surface area contributed by atoms with E-state index in [1.165, 1.54) is 205 Å². The molecule has 0 bridgehead atoms. The van der Waals surface area contributed by atoms with Crippen molar-refractivity contribution in [1.29, 1.82) is 0 Å². The van der Waals surface area contributed by atoms with Crippen LogP contribution in [-0.4, -0.2) is 0 Å². The van der Waals surface area contributed by atoms with Gasteiger partial charge in [-0.15, -0.1) is 0 Å². The van der Waals surface area contributed by atoms with Gasteiger partial charge in [0.1, 0.15) is 0 Å². The lowest BCUT2D eigenvalue weighted by Crippen LogP contribution is -2.02. The molecule has 0 aliphatic rings. The van der Waals surface area contributed by atoms with Crippen LogP contribution in [0.3, 0.4) is 0 Å². The second-order valence-electron chi connectivity index (χ2n) is 18.8. The van der Waals surface area contributed by atoms with Gasteiger partial charge in [0, 0.05) is 10.7 Å². The molecule has 0 saturated carbocycles. The van der Waals surface area contributed by atoms with Crippen LogP contribution in [0.25, 0.3) is 194 Å². The minimum Gasteiger partial charge on any atom is -0.0531 e. The van der Waals surface area contributed by atoms with E-state index in [2.05, 4.69) is 195 Å². The fraction of sp³-hybridized carbons (Fsp3) is 0. The number of rotatable bonds is 0. The predicted molar refractivity (Wildman–Crippen MR) is 300 cm³/mol. The van der Waals surface area contributed by atoms with Crippen LogP contribution in [0.15, 0.2) is 127 Å². The molecule has 63 heavy (non-hydrogen) atoms. The van der Waals surface area contributed by atoms with E-state index in [0.29, 0.717) is 0 Å². The molecule has 0 nitrogen and oxygen atoms in total. The number of hydrogen-bond acceptors (Lipinski definition) is 0. The van der Waals surface area contributed by atoms with E-state index in [0.717, 1.165) is 0 Å². The molecule has 0 amide bonds. The highest BCUT2D eigenvalue weighted by Crippen LogP contribution is 2.64. The maximum absolute atomic E-state index is 2.51. The van der Waals surface area contributed by atoms with Crippen LogP contribution < -0.4 is 0 Å². The van der Waals surface area contributed by atoms with Gasteiger partial charge in [0.2, 0.25) is 0 Å². The molecular weight excluding hydrogens is 1100 g/mol. The van der Waals surface area contributed by atoms with Gasteiger partial charge in [-0.05, 0) is 298 Å². The van der Waals surface area contributed by atoms with Crippen molar-refractivity contribution < 1.29 is 0 Å². The van der Waals surface area contributed by atoms with Crippen LogP contribution in [0.1, 0.15) is 0 Å². The first-order chi connectivity index (χ1) is 31.0. The van der Waals surface area contributed by atoms with Gasteiger partial charge in [0.15, 0.2) is 0 Å². The summed E-state index contributed by atoms with van der Waals surface area (Å²) in [6.07, 6.45) is 0. The van der Waals surface area contributed by atoms with Crippen LogP contribution in [0.5, 0.6) is 0 Å². The summed E-state index contributed by atoms with van der Waals surface area (Å²) < 4.78 is 3.83. The van der Waals surface area contributed by atoms with Crippen molar-refractivity contribution in [2.24, 2.45) is 0 Å². The number of hydrogen-bond donors (Lipinski definition) is 0. The Morgan fingerprint density at radius 1 is 0.143 bits per heavy atom. The smallest absolute Gasteiger partial charge is 0.0136 e. The Morgan fingerprint density at radius 2 is 0.286 bits per heavy atom. The fourth-order valence-corrected chi connectivity index (χ4v) is 16.1. The Balaban J connectivity index is 1.29. The highest BCUT2D eigenvalue weighted by atomic mass is 127. The third-order valence-corrected chi connectivity index (χ3v) is 18.6. The van der Waals surface area contributed by atoms with Crippen molar-refractivity contribution in [2.75, 3.05) is 0 Å². The van der Waals surface area contributed by atoms with Crippen molar-refractivity contribution in [3.63, 3.8) is 0 Å². The maximum atomic E-state index is 2.51. The first-order valence-electron chi connectivity index (χ1n) is 21.7. The zero-order chi connectivity index (χ0) is 40.4. The van der Waals surface area contributed by atoms with Crippen LogP contribution in [0.2, 0.25) is 0 Å². The number of halogens is 3. The van der Waals surface area contributed by atoms with Gasteiger partial charge in [0.05, 0.1) is 0 Å².